The molecule has 8 nitrogen and oxygen atoms in total. The highest BCUT2D eigenvalue weighted by Gasteiger charge is 2.15. The summed E-state index contributed by atoms with van der Waals surface area (Å²) in [5.41, 5.74) is 4.70. The maximum absolute atomic E-state index is 4.64. The summed E-state index contributed by atoms with van der Waals surface area (Å²) in [6, 6.07) is 26.8. The number of hydrogen-bond donors (Lipinski definition) is 5. The molecule has 4 aromatic rings. The molecule has 1 atom stereocenters. The van der Waals surface area contributed by atoms with Gasteiger partial charge in [0.05, 0.1) is 0 Å². The molecule has 0 aliphatic heterocycles. The molecule has 0 saturated heterocycles. The molecule has 5 N–H and O–H groups in total. The smallest absolute Gasteiger partial charge is 0.233 e. The van der Waals surface area contributed by atoms with Crippen LogP contribution >= 0.6 is 0 Å². The highest BCUT2D eigenvalue weighted by atomic mass is 15.3. The van der Waals surface area contributed by atoms with E-state index in [9.17, 15) is 0 Å². The first kappa shape index (κ1) is 28.7. The van der Waals surface area contributed by atoms with Crippen LogP contribution in [-0.4, -0.2) is 26.5 Å². The summed E-state index contributed by atoms with van der Waals surface area (Å²) in [6.45, 7) is 13.0. The van der Waals surface area contributed by atoms with E-state index < -0.39 is 0 Å². The molecular formula is C32H42N8. The van der Waals surface area contributed by atoms with Crippen molar-refractivity contribution in [3.05, 3.63) is 78.9 Å². The minimum atomic E-state index is -0.208. The van der Waals surface area contributed by atoms with Crippen molar-refractivity contribution in [3.8, 4) is 0 Å². The second-order valence-corrected chi connectivity index (χ2v) is 11.6. The molecule has 0 saturated carbocycles. The van der Waals surface area contributed by atoms with Crippen molar-refractivity contribution >= 4 is 46.3 Å². The van der Waals surface area contributed by atoms with E-state index in [1.54, 1.807) is 0 Å². The van der Waals surface area contributed by atoms with Gasteiger partial charge in [-0.15, -0.1) is 0 Å². The standard InChI is InChI=1S/C32H42N8/c1-22(2)12-13-23(3)33-25-14-18-27(19-15-25)35-29-37-30(39-31(38-29)40-32(4,5)6)36-28-20-16-26(17-21-28)34-24-10-8-7-9-11-24/h7-11,14-23,33-34H,12-13H2,1-6H3,(H3,35,36,37,38,39,40). The Kier molecular flexibility index (Phi) is 9.43. The third-order valence-electron chi connectivity index (χ3n) is 6.06. The highest BCUT2D eigenvalue weighted by Crippen LogP contribution is 2.24. The normalized spacial score (nSPS) is 12.1. The van der Waals surface area contributed by atoms with Gasteiger partial charge in [0.25, 0.3) is 0 Å². The molecule has 210 valence electrons. The summed E-state index contributed by atoms with van der Waals surface area (Å²) in [5.74, 6) is 2.11. The predicted molar refractivity (Wildman–Crippen MR) is 170 cm³/mol. The predicted octanol–water partition coefficient (Wildman–Crippen LogP) is 8.55. The van der Waals surface area contributed by atoms with Gasteiger partial charge in [-0.1, -0.05) is 32.0 Å². The van der Waals surface area contributed by atoms with Crippen LogP contribution in [0.15, 0.2) is 78.9 Å². The molecule has 0 aliphatic carbocycles. The van der Waals surface area contributed by atoms with Crippen LogP contribution in [0.5, 0.6) is 0 Å². The molecule has 0 spiro atoms. The number of anilines is 8. The van der Waals surface area contributed by atoms with Crippen LogP contribution in [0.25, 0.3) is 0 Å². The fourth-order valence-corrected chi connectivity index (χ4v) is 4.05. The molecule has 1 heterocycles. The van der Waals surface area contributed by atoms with Gasteiger partial charge in [0, 0.05) is 40.0 Å². The van der Waals surface area contributed by atoms with Crippen molar-refractivity contribution < 1.29 is 0 Å². The molecule has 0 amide bonds. The van der Waals surface area contributed by atoms with E-state index in [-0.39, 0.29) is 5.54 Å². The molecule has 8 heteroatoms. The third-order valence-corrected chi connectivity index (χ3v) is 6.06. The average molecular weight is 539 g/mol. The number of nitrogens with one attached hydrogen (secondary N) is 5. The first-order valence-electron chi connectivity index (χ1n) is 14.0. The Balaban J connectivity index is 1.45. The maximum Gasteiger partial charge on any atom is 0.233 e. The molecule has 4 rings (SSSR count). The maximum atomic E-state index is 4.64. The van der Waals surface area contributed by atoms with Gasteiger partial charge in [0.15, 0.2) is 0 Å². The van der Waals surface area contributed by atoms with Crippen LogP contribution < -0.4 is 26.6 Å². The summed E-state index contributed by atoms with van der Waals surface area (Å²) in [5, 5.41) is 17.0. The quantitative estimate of drug-likeness (QED) is 0.122. The summed E-state index contributed by atoms with van der Waals surface area (Å²) < 4.78 is 0. The van der Waals surface area contributed by atoms with Gasteiger partial charge in [-0.3, -0.25) is 0 Å². The van der Waals surface area contributed by atoms with Gasteiger partial charge >= 0.3 is 0 Å². The first-order valence-corrected chi connectivity index (χ1v) is 14.0. The van der Waals surface area contributed by atoms with Gasteiger partial charge < -0.3 is 26.6 Å². The lowest BCUT2D eigenvalue weighted by Gasteiger charge is -2.21. The molecule has 1 unspecified atom stereocenters. The minimum absolute atomic E-state index is 0.208. The van der Waals surface area contributed by atoms with Crippen molar-refractivity contribution in [3.63, 3.8) is 0 Å². The zero-order chi connectivity index (χ0) is 28.5. The van der Waals surface area contributed by atoms with Gasteiger partial charge in [-0.25, -0.2) is 0 Å². The average Bonchev–Trinajstić information content (AvgIpc) is 2.89. The lowest BCUT2D eigenvalue weighted by atomic mass is 10.0. The van der Waals surface area contributed by atoms with Crippen molar-refractivity contribution in [2.75, 3.05) is 26.6 Å². The molecule has 0 bridgehead atoms. The summed E-state index contributed by atoms with van der Waals surface area (Å²) in [4.78, 5) is 13.9. The summed E-state index contributed by atoms with van der Waals surface area (Å²) in [7, 11) is 0. The number of benzene rings is 3. The van der Waals surface area contributed by atoms with E-state index in [1.165, 1.54) is 6.42 Å². The van der Waals surface area contributed by atoms with E-state index in [0.717, 1.165) is 34.9 Å². The Labute approximate surface area is 238 Å². The van der Waals surface area contributed by atoms with E-state index in [0.29, 0.717) is 29.8 Å². The summed E-state index contributed by atoms with van der Waals surface area (Å²) in [6.07, 6.45) is 2.36. The molecule has 0 fully saturated rings. The van der Waals surface area contributed by atoms with Gasteiger partial charge in [0.1, 0.15) is 0 Å². The Morgan fingerprint density at radius 2 is 1.00 bits per heavy atom. The van der Waals surface area contributed by atoms with Crippen molar-refractivity contribution in [1.82, 2.24) is 15.0 Å². The lowest BCUT2D eigenvalue weighted by molar-refractivity contribution is 0.528. The Morgan fingerprint density at radius 3 is 1.50 bits per heavy atom. The summed E-state index contributed by atoms with van der Waals surface area (Å²) >= 11 is 0. The van der Waals surface area contributed by atoms with Gasteiger partial charge in [-0.2, -0.15) is 15.0 Å². The zero-order valence-electron chi connectivity index (χ0n) is 24.4. The zero-order valence-corrected chi connectivity index (χ0v) is 24.4. The van der Waals surface area contributed by atoms with E-state index in [2.05, 4.69) is 95.2 Å². The monoisotopic (exact) mass is 538 g/mol. The van der Waals surface area contributed by atoms with Crippen molar-refractivity contribution in [2.24, 2.45) is 5.92 Å². The number of aromatic nitrogens is 3. The molecular weight excluding hydrogens is 496 g/mol. The van der Waals surface area contributed by atoms with E-state index >= 15 is 0 Å². The number of para-hydroxylation sites is 1. The number of hydrogen-bond acceptors (Lipinski definition) is 8. The topological polar surface area (TPSA) is 98.8 Å². The van der Waals surface area contributed by atoms with E-state index in [4.69, 9.17) is 0 Å². The fraction of sp³-hybridized carbons (Fsp3) is 0.344. The van der Waals surface area contributed by atoms with Crippen LogP contribution in [0.1, 0.15) is 54.4 Å². The fourth-order valence-electron chi connectivity index (χ4n) is 4.05. The van der Waals surface area contributed by atoms with Crippen LogP contribution in [0.4, 0.5) is 46.3 Å². The Hall–Kier alpha value is -4.33. The Bertz CT molecular complexity index is 1330. The minimum Gasteiger partial charge on any atom is -0.383 e. The van der Waals surface area contributed by atoms with Crippen LogP contribution in [0, 0.1) is 5.92 Å². The Morgan fingerprint density at radius 1 is 0.550 bits per heavy atom. The lowest BCUT2D eigenvalue weighted by Crippen LogP contribution is -2.27. The van der Waals surface area contributed by atoms with Crippen LogP contribution in [-0.2, 0) is 0 Å². The van der Waals surface area contributed by atoms with Gasteiger partial charge in [-0.05, 0) is 107 Å². The molecule has 3 aromatic carbocycles. The first-order chi connectivity index (χ1) is 19.1. The molecule has 0 aliphatic rings. The third kappa shape index (κ3) is 9.45. The highest BCUT2D eigenvalue weighted by molar-refractivity contribution is 5.65. The number of nitrogens with zero attached hydrogens (tertiary/aromatic N) is 3. The SMILES string of the molecule is CC(C)CCC(C)Nc1ccc(Nc2nc(Nc3ccc(Nc4ccccc4)cc3)nc(NC(C)(C)C)n2)cc1. The van der Waals surface area contributed by atoms with Crippen molar-refractivity contribution in [2.45, 2.75) is 66.0 Å². The van der Waals surface area contributed by atoms with Gasteiger partial charge in [0.2, 0.25) is 17.8 Å². The largest absolute Gasteiger partial charge is 0.383 e. The molecule has 0 radical (unpaired) electrons. The number of rotatable bonds is 12. The van der Waals surface area contributed by atoms with Crippen molar-refractivity contribution in [1.29, 1.82) is 0 Å². The molecule has 1 aromatic heterocycles. The van der Waals surface area contributed by atoms with Crippen LogP contribution in [0.3, 0.4) is 0 Å². The molecule has 40 heavy (non-hydrogen) atoms. The van der Waals surface area contributed by atoms with E-state index in [1.807, 2.05) is 66.7 Å². The second-order valence-electron chi connectivity index (χ2n) is 11.6. The second kappa shape index (κ2) is 13.2. The van der Waals surface area contributed by atoms with Crippen LogP contribution in [0.2, 0.25) is 0 Å².